The van der Waals surface area contributed by atoms with Crippen LogP contribution in [0.4, 0.5) is 0 Å². The molecule has 0 unspecified atom stereocenters. The number of aryl methyl sites for hydroxylation is 1. The van der Waals surface area contributed by atoms with E-state index in [4.69, 9.17) is 13.6 Å². The minimum Gasteiger partial charge on any atom is -0.504 e. The smallest absolute Gasteiger partial charge is 0.333 e. The molecule has 0 aromatic heterocycles. The molecular formula is C20H33O5Si2. The summed E-state index contributed by atoms with van der Waals surface area (Å²) in [6.45, 7) is 12.4. The zero-order chi connectivity index (χ0) is 20.4. The van der Waals surface area contributed by atoms with Crippen LogP contribution in [0.15, 0.2) is 30.4 Å². The van der Waals surface area contributed by atoms with Gasteiger partial charge < -0.3 is 18.7 Å². The van der Waals surface area contributed by atoms with E-state index < -0.39 is 17.4 Å². The highest BCUT2D eigenvalue weighted by Gasteiger charge is 2.25. The molecule has 0 bridgehead atoms. The topological polar surface area (TPSA) is 65.0 Å². The van der Waals surface area contributed by atoms with Crippen LogP contribution in [0.25, 0.3) is 0 Å². The van der Waals surface area contributed by atoms with E-state index in [9.17, 15) is 9.90 Å². The number of carbonyl (C=O) groups excluding carboxylic acids is 1. The average molecular weight is 410 g/mol. The number of ether oxygens (including phenoxy) is 2. The van der Waals surface area contributed by atoms with Crippen molar-refractivity contribution in [2.75, 3.05) is 13.7 Å². The second kappa shape index (κ2) is 11.3. The predicted octanol–water partition coefficient (Wildman–Crippen LogP) is 4.69. The second-order valence-corrected chi connectivity index (χ2v) is 14.2. The fourth-order valence-electron chi connectivity index (χ4n) is 2.78. The van der Waals surface area contributed by atoms with Gasteiger partial charge in [-0.1, -0.05) is 12.6 Å². The fourth-order valence-corrected chi connectivity index (χ4v) is 9.04. The Morgan fingerprint density at radius 3 is 2.63 bits per heavy atom. The first-order valence-corrected chi connectivity index (χ1v) is 14.6. The number of esters is 1. The van der Waals surface area contributed by atoms with Crippen LogP contribution >= 0.6 is 0 Å². The Balaban J connectivity index is 2.31. The molecule has 0 saturated carbocycles. The Labute approximate surface area is 166 Å². The first kappa shape index (κ1) is 23.5. The molecule has 1 aromatic rings. The maximum absolute atomic E-state index is 11.4. The molecule has 1 aromatic carbocycles. The van der Waals surface area contributed by atoms with Gasteiger partial charge in [-0.2, -0.15) is 0 Å². The van der Waals surface area contributed by atoms with E-state index in [-0.39, 0.29) is 11.7 Å². The monoisotopic (exact) mass is 409 g/mol. The summed E-state index contributed by atoms with van der Waals surface area (Å²) in [5.41, 5.74) is 1.60. The molecule has 5 nitrogen and oxygen atoms in total. The van der Waals surface area contributed by atoms with Crippen molar-refractivity contribution >= 4 is 23.3 Å². The van der Waals surface area contributed by atoms with E-state index in [0.29, 0.717) is 17.9 Å². The number of methoxy groups -OCH3 is 1. The lowest BCUT2D eigenvalue weighted by Gasteiger charge is -2.27. The van der Waals surface area contributed by atoms with E-state index in [2.05, 4.69) is 26.2 Å². The highest BCUT2D eigenvalue weighted by Crippen LogP contribution is 2.27. The molecule has 151 valence electrons. The van der Waals surface area contributed by atoms with Gasteiger partial charge in [-0.3, -0.25) is 0 Å². The second-order valence-electron chi connectivity index (χ2n) is 7.44. The van der Waals surface area contributed by atoms with Gasteiger partial charge in [-0.25, -0.2) is 4.79 Å². The predicted molar refractivity (Wildman–Crippen MR) is 113 cm³/mol. The van der Waals surface area contributed by atoms with Crippen molar-refractivity contribution in [2.24, 2.45) is 0 Å². The van der Waals surface area contributed by atoms with Crippen LogP contribution < -0.4 is 4.74 Å². The summed E-state index contributed by atoms with van der Waals surface area (Å²) in [7, 11) is -1.03. The van der Waals surface area contributed by atoms with E-state index in [1.165, 1.54) is 0 Å². The molecule has 1 rings (SSSR count). The van der Waals surface area contributed by atoms with Crippen molar-refractivity contribution in [1.82, 2.24) is 0 Å². The van der Waals surface area contributed by atoms with Crippen LogP contribution in [-0.2, 0) is 20.1 Å². The van der Waals surface area contributed by atoms with Crippen LogP contribution in [-0.4, -0.2) is 42.2 Å². The Hall–Kier alpha value is -1.58. The third kappa shape index (κ3) is 9.26. The van der Waals surface area contributed by atoms with Crippen molar-refractivity contribution in [3.8, 4) is 11.5 Å². The van der Waals surface area contributed by atoms with Gasteiger partial charge in [0.15, 0.2) is 28.9 Å². The molecule has 0 saturated heterocycles. The number of phenolic OH excluding ortho intramolecular Hbond substituents is 1. The van der Waals surface area contributed by atoms with Crippen molar-refractivity contribution in [2.45, 2.75) is 57.9 Å². The Morgan fingerprint density at radius 1 is 1.30 bits per heavy atom. The van der Waals surface area contributed by atoms with Crippen LogP contribution in [0.3, 0.4) is 0 Å². The summed E-state index contributed by atoms with van der Waals surface area (Å²) >= 11 is 0. The summed E-state index contributed by atoms with van der Waals surface area (Å²) in [5.74, 6) is 0.375. The van der Waals surface area contributed by atoms with Gasteiger partial charge in [0, 0.05) is 5.57 Å². The van der Waals surface area contributed by atoms with Gasteiger partial charge in [-0.05, 0) is 75.6 Å². The molecule has 1 N–H and O–H groups in total. The molecular weight excluding hydrogens is 376 g/mol. The van der Waals surface area contributed by atoms with Crippen molar-refractivity contribution in [1.29, 1.82) is 0 Å². The van der Waals surface area contributed by atoms with Crippen LogP contribution in [0.1, 0.15) is 25.3 Å². The molecule has 0 spiro atoms. The molecule has 0 fully saturated rings. The largest absolute Gasteiger partial charge is 0.504 e. The summed E-state index contributed by atoms with van der Waals surface area (Å²) in [5, 5.41) is 9.67. The Morgan fingerprint density at radius 2 is 2.00 bits per heavy atom. The maximum atomic E-state index is 11.4. The number of hydrogen-bond donors (Lipinski definition) is 1. The normalized spacial score (nSPS) is 11.5. The summed E-state index contributed by atoms with van der Waals surface area (Å²) < 4.78 is 16.7. The molecule has 0 amide bonds. The number of phenols is 1. The first-order valence-electron chi connectivity index (χ1n) is 9.34. The number of rotatable bonds is 12. The molecule has 0 aliphatic heterocycles. The molecule has 0 atom stereocenters. The summed E-state index contributed by atoms with van der Waals surface area (Å²) in [6.07, 6.45) is 2.83. The lowest BCUT2D eigenvalue weighted by Crippen LogP contribution is -2.36. The number of hydrogen-bond acceptors (Lipinski definition) is 5. The fraction of sp³-hybridized carbons (Fsp3) is 0.550. The van der Waals surface area contributed by atoms with Crippen LogP contribution in [0, 0.1) is 0 Å². The first-order chi connectivity index (χ1) is 12.6. The summed E-state index contributed by atoms with van der Waals surface area (Å²) in [6, 6.07) is 7.57. The van der Waals surface area contributed by atoms with Gasteiger partial charge in [0.1, 0.15) is 0 Å². The quantitative estimate of drug-likeness (QED) is 0.235. The summed E-state index contributed by atoms with van der Waals surface area (Å²) in [4.78, 5) is 11.4. The highest BCUT2D eigenvalue weighted by atomic mass is 28.4. The van der Waals surface area contributed by atoms with Gasteiger partial charge in [0.2, 0.25) is 0 Å². The third-order valence-corrected chi connectivity index (χ3v) is 10.4. The van der Waals surface area contributed by atoms with Gasteiger partial charge in [0.05, 0.1) is 13.7 Å². The molecule has 0 heterocycles. The molecule has 1 radical (unpaired) electrons. The van der Waals surface area contributed by atoms with Gasteiger partial charge in [-0.15, -0.1) is 0 Å². The SMILES string of the molecule is C=C(C)C(=O)OCCC[Si](C)O[Si](C)(C)CCCc1ccc(O)c(OC)c1. The zero-order valence-corrected chi connectivity index (χ0v) is 19.3. The average Bonchev–Trinajstić information content (AvgIpc) is 2.59. The number of carbonyl (C=O) groups is 1. The van der Waals surface area contributed by atoms with E-state index in [1.807, 2.05) is 12.1 Å². The number of aromatic hydroxyl groups is 1. The third-order valence-electron chi connectivity index (χ3n) is 4.19. The lowest BCUT2D eigenvalue weighted by atomic mass is 10.1. The lowest BCUT2D eigenvalue weighted by molar-refractivity contribution is -0.138. The van der Waals surface area contributed by atoms with E-state index >= 15 is 0 Å². The zero-order valence-electron chi connectivity index (χ0n) is 17.3. The standard InChI is InChI=1S/C20H33O5Si2/c1-16(2)20(22)24-12-8-13-26(4)25-27(5,6)14-7-9-17-10-11-18(21)19(15-17)23-3/h10-11,15,21H,1,7-9,12-14H2,2-6H3. The maximum Gasteiger partial charge on any atom is 0.333 e. The van der Waals surface area contributed by atoms with Crippen molar-refractivity contribution in [3.05, 3.63) is 35.9 Å². The molecule has 27 heavy (non-hydrogen) atoms. The van der Waals surface area contributed by atoms with E-state index in [1.54, 1.807) is 20.1 Å². The van der Waals surface area contributed by atoms with Crippen molar-refractivity contribution in [3.63, 3.8) is 0 Å². The van der Waals surface area contributed by atoms with Gasteiger partial charge in [0.25, 0.3) is 0 Å². The van der Waals surface area contributed by atoms with Gasteiger partial charge >= 0.3 is 5.97 Å². The Bertz CT molecular complexity index is 631. The van der Waals surface area contributed by atoms with Crippen LogP contribution in [0.2, 0.25) is 31.7 Å². The van der Waals surface area contributed by atoms with Crippen LogP contribution in [0.5, 0.6) is 11.5 Å². The molecule has 0 aliphatic carbocycles. The number of benzene rings is 1. The van der Waals surface area contributed by atoms with E-state index in [0.717, 1.165) is 36.9 Å². The Kier molecular flexibility index (Phi) is 9.83. The molecule has 7 heteroatoms. The highest BCUT2D eigenvalue weighted by molar-refractivity contribution is 6.78. The minimum absolute atomic E-state index is 0.173. The minimum atomic E-state index is -1.71. The van der Waals surface area contributed by atoms with Crippen molar-refractivity contribution < 1.29 is 23.5 Å². The molecule has 0 aliphatic rings.